The molecule has 0 radical (unpaired) electrons. The third kappa shape index (κ3) is 3.78. The Morgan fingerprint density at radius 2 is 2.15 bits per heavy atom. The third-order valence-electron chi connectivity index (χ3n) is 2.87. The fourth-order valence-electron chi connectivity index (χ4n) is 1.61. The second-order valence-corrected chi connectivity index (χ2v) is 4.22. The maximum atomic E-state index is 8.60. The Balaban J connectivity index is 1.97. The lowest BCUT2D eigenvalue weighted by molar-refractivity contribution is 0.460. The molecule has 2 nitrogen and oxygen atoms in total. The van der Waals surface area contributed by atoms with Gasteiger partial charge in [0.25, 0.3) is 0 Å². The second kappa shape index (κ2) is 5.24. The summed E-state index contributed by atoms with van der Waals surface area (Å²) in [5.74, 6) is 0. The Morgan fingerprint density at radius 1 is 1.38 bits per heavy atom. The lowest BCUT2D eigenvalue weighted by Gasteiger charge is -2.11. The summed E-state index contributed by atoms with van der Waals surface area (Å²) in [6, 6.07) is 2.28. The average molecular weight is 180 g/mol. The highest BCUT2D eigenvalue weighted by Gasteiger charge is 2.41. The topological polar surface area (TPSA) is 35.8 Å². The largest absolute Gasteiger partial charge is 0.316 e. The number of hydrogen-bond acceptors (Lipinski definition) is 2. The summed E-state index contributed by atoms with van der Waals surface area (Å²) in [5, 5.41) is 12.1. The molecule has 1 N–H and O–H groups in total. The highest BCUT2D eigenvalue weighted by molar-refractivity contribution is 5.00. The van der Waals surface area contributed by atoms with E-state index in [1.807, 2.05) is 0 Å². The van der Waals surface area contributed by atoms with Crippen LogP contribution in [0.4, 0.5) is 0 Å². The molecule has 1 aliphatic carbocycles. The molecule has 1 saturated carbocycles. The van der Waals surface area contributed by atoms with Crippen molar-refractivity contribution in [3.63, 3.8) is 0 Å². The van der Waals surface area contributed by atoms with Gasteiger partial charge in [0.2, 0.25) is 0 Å². The molecule has 0 saturated heterocycles. The Morgan fingerprint density at radius 3 is 2.69 bits per heavy atom. The minimum atomic E-state index is 0.376. The van der Waals surface area contributed by atoms with Crippen LogP contribution < -0.4 is 5.32 Å². The Hall–Kier alpha value is -0.550. The first-order valence-corrected chi connectivity index (χ1v) is 5.41. The van der Waals surface area contributed by atoms with Crippen LogP contribution in [0.1, 0.15) is 45.4 Å². The maximum Gasteiger partial charge on any atom is 0.0628 e. The maximum absolute atomic E-state index is 8.60. The molecule has 0 aliphatic heterocycles. The van der Waals surface area contributed by atoms with Gasteiger partial charge in [0.1, 0.15) is 0 Å². The van der Waals surface area contributed by atoms with E-state index in [0.717, 1.165) is 19.5 Å². The molecule has 0 heterocycles. The summed E-state index contributed by atoms with van der Waals surface area (Å²) in [4.78, 5) is 0. The van der Waals surface area contributed by atoms with E-state index in [2.05, 4.69) is 18.3 Å². The lowest BCUT2D eigenvalue weighted by atomic mass is 10.0. The van der Waals surface area contributed by atoms with E-state index < -0.39 is 0 Å². The molecular formula is C11H20N2. The zero-order chi connectivity index (χ0) is 9.57. The quantitative estimate of drug-likeness (QED) is 0.611. The minimum Gasteiger partial charge on any atom is -0.316 e. The number of unbranched alkanes of at least 4 members (excludes halogenated alkanes) is 2. The SMILES string of the molecule is CCCCCNCC1(CC#N)CC1. The summed E-state index contributed by atoms with van der Waals surface area (Å²) >= 11 is 0. The predicted octanol–water partition coefficient (Wildman–Crippen LogP) is 2.46. The Labute approximate surface area is 81.3 Å². The van der Waals surface area contributed by atoms with Crippen LogP contribution >= 0.6 is 0 Å². The number of nitrogens with zero attached hydrogens (tertiary/aromatic N) is 1. The average Bonchev–Trinajstić information content (AvgIpc) is 2.86. The van der Waals surface area contributed by atoms with Crippen LogP contribution in [-0.2, 0) is 0 Å². The fraction of sp³-hybridized carbons (Fsp3) is 0.909. The van der Waals surface area contributed by atoms with Gasteiger partial charge >= 0.3 is 0 Å². The van der Waals surface area contributed by atoms with Crippen LogP contribution in [0.2, 0.25) is 0 Å². The first kappa shape index (κ1) is 10.5. The van der Waals surface area contributed by atoms with Gasteiger partial charge in [0.05, 0.1) is 6.07 Å². The fourth-order valence-corrected chi connectivity index (χ4v) is 1.61. The molecule has 0 aromatic rings. The molecule has 0 aromatic heterocycles. The third-order valence-corrected chi connectivity index (χ3v) is 2.87. The summed E-state index contributed by atoms with van der Waals surface area (Å²) < 4.78 is 0. The van der Waals surface area contributed by atoms with Crippen LogP contribution in [0.25, 0.3) is 0 Å². The minimum absolute atomic E-state index is 0.376. The van der Waals surface area contributed by atoms with E-state index in [1.165, 1.54) is 32.1 Å². The molecule has 0 atom stereocenters. The van der Waals surface area contributed by atoms with E-state index in [4.69, 9.17) is 5.26 Å². The Bertz CT molecular complexity index is 177. The van der Waals surface area contributed by atoms with Crippen molar-refractivity contribution in [2.75, 3.05) is 13.1 Å². The zero-order valence-electron chi connectivity index (χ0n) is 8.60. The van der Waals surface area contributed by atoms with Crippen molar-refractivity contribution in [1.29, 1.82) is 5.26 Å². The smallest absolute Gasteiger partial charge is 0.0628 e. The number of nitriles is 1. The van der Waals surface area contributed by atoms with Gasteiger partial charge < -0.3 is 5.32 Å². The van der Waals surface area contributed by atoms with Crippen molar-refractivity contribution in [3.8, 4) is 6.07 Å². The molecule has 0 bridgehead atoms. The van der Waals surface area contributed by atoms with Crippen molar-refractivity contribution < 1.29 is 0 Å². The summed E-state index contributed by atoms with van der Waals surface area (Å²) in [6.07, 6.45) is 7.12. The number of nitrogens with one attached hydrogen (secondary N) is 1. The van der Waals surface area contributed by atoms with Gasteiger partial charge in [-0.1, -0.05) is 19.8 Å². The Kier molecular flexibility index (Phi) is 4.24. The standard InChI is InChI=1S/C11H20N2/c1-2-3-4-9-13-10-11(5-6-11)7-8-12/h13H,2-7,9-10H2,1H3. The van der Waals surface area contributed by atoms with E-state index >= 15 is 0 Å². The van der Waals surface area contributed by atoms with Crippen molar-refractivity contribution in [3.05, 3.63) is 0 Å². The molecule has 0 amide bonds. The van der Waals surface area contributed by atoms with Gasteiger partial charge in [-0.2, -0.15) is 5.26 Å². The zero-order valence-corrected chi connectivity index (χ0v) is 8.60. The van der Waals surface area contributed by atoms with E-state index in [1.54, 1.807) is 0 Å². The molecule has 0 unspecified atom stereocenters. The molecule has 0 aromatic carbocycles. The van der Waals surface area contributed by atoms with Crippen molar-refractivity contribution in [2.45, 2.75) is 45.4 Å². The van der Waals surface area contributed by atoms with Gasteiger partial charge in [-0.3, -0.25) is 0 Å². The van der Waals surface area contributed by atoms with Gasteiger partial charge in [0, 0.05) is 13.0 Å². The molecule has 2 heteroatoms. The highest BCUT2D eigenvalue weighted by atomic mass is 14.9. The first-order chi connectivity index (χ1) is 6.33. The summed E-state index contributed by atoms with van der Waals surface area (Å²) in [5.41, 5.74) is 0.376. The monoisotopic (exact) mass is 180 g/mol. The van der Waals surface area contributed by atoms with Crippen LogP contribution in [-0.4, -0.2) is 13.1 Å². The van der Waals surface area contributed by atoms with Crippen molar-refractivity contribution >= 4 is 0 Å². The first-order valence-electron chi connectivity index (χ1n) is 5.41. The molecular weight excluding hydrogens is 160 g/mol. The van der Waals surface area contributed by atoms with E-state index in [0.29, 0.717) is 5.41 Å². The van der Waals surface area contributed by atoms with Gasteiger partial charge in [-0.15, -0.1) is 0 Å². The van der Waals surface area contributed by atoms with E-state index in [-0.39, 0.29) is 0 Å². The van der Waals surface area contributed by atoms with Crippen LogP contribution in [0.15, 0.2) is 0 Å². The number of hydrogen-bond donors (Lipinski definition) is 1. The molecule has 13 heavy (non-hydrogen) atoms. The molecule has 0 spiro atoms. The van der Waals surface area contributed by atoms with Crippen LogP contribution in [0.3, 0.4) is 0 Å². The normalized spacial score (nSPS) is 18.2. The van der Waals surface area contributed by atoms with Gasteiger partial charge in [-0.25, -0.2) is 0 Å². The van der Waals surface area contributed by atoms with Gasteiger partial charge in [0.15, 0.2) is 0 Å². The lowest BCUT2D eigenvalue weighted by Crippen LogP contribution is -2.24. The number of rotatable bonds is 7. The molecule has 1 rings (SSSR count). The highest BCUT2D eigenvalue weighted by Crippen LogP contribution is 2.47. The van der Waals surface area contributed by atoms with Crippen LogP contribution in [0.5, 0.6) is 0 Å². The molecule has 1 aliphatic rings. The van der Waals surface area contributed by atoms with Crippen molar-refractivity contribution in [1.82, 2.24) is 5.32 Å². The predicted molar refractivity (Wildman–Crippen MR) is 54.3 cm³/mol. The van der Waals surface area contributed by atoms with Crippen molar-refractivity contribution in [2.24, 2.45) is 5.41 Å². The van der Waals surface area contributed by atoms with Crippen LogP contribution in [0, 0.1) is 16.7 Å². The summed E-state index contributed by atoms with van der Waals surface area (Å²) in [7, 11) is 0. The van der Waals surface area contributed by atoms with Gasteiger partial charge in [-0.05, 0) is 31.2 Å². The molecule has 1 fully saturated rings. The van der Waals surface area contributed by atoms with E-state index in [9.17, 15) is 0 Å². The molecule has 74 valence electrons. The summed E-state index contributed by atoms with van der Waals surface area (Å²) in [6.45, 7) is 4.41. The second-order valence-electron chi connectivity index (χ2n) is 4.22.